The first-order valence-electron chi connectivity index (χ1n) is 4.02. The summed E-state index contributed by atoms with van der Waals surface area (Å²) < 4.78 is 0. The maximum Gasteiger partial charge on any atom is 0.171 e. The number of ketones is 1. The highest BCUT2D eigenvalue weighted by Gasteiger charge is 2.00. The van der Waals surface area contributed by atoms with Gasteiger partial charge in [-0.15, -0.1) is 0 Å². The van der Waals surface area contributed by atoms with Crippen molar-refractivity contribution in [2.75, 3.05) is 5.32 Å². The second-order valence-corrected chi connectivity index (χ2v) is 2.61. The van der Waals surface area contributed by atoms with Crippen LogP contribution in [0.3, 0.4) is 0 Å². The number of anilines is 1. The van der Waals surface area contributed by atoms with Crippen LogP contribution in [-0.2, 0) is 4.79 Å². The third-order valence-electron chi connectivity index (χ3n) is 1.56. The van der Waals surface area contributed by atoms with Crippen LogP contribution in [0.5, 0.6) is 0 Å². The monoisotopic (exact) mass is 187 g/mol. The number of pyridine rings is 1. The van der Waals surface area contributed by atoms with Crippen molar-refractivity contribution in [3.8, 4) is 6.07 Å². The SMILES string of the molecule is CC(=O)/C(C#N)=C/Nc1ccncc1. The summed E-state index contributed by atoms with van der Waals surface area (Å²) in [4.78, 5) is 14.7. The van der Waals surface area contributed by atoms with Gasteiger partial charge in [-0.25, -0.2) is 0 Å². The van der Waals surface area contributed by atoms with Crippen LogP contribution >= 0.6 is 0 Å². The quantitative estimate of drug-likeness (QED) is 0.575. The largest absolute Gasteiger partial charge is 0.360 e. The normalized spacial score (nSPS) is 10.4. The lowest BCUT2D eigenvalue weighted by Crippen LogP contribution is -1.98. The van der Waals surface area contributed by atoms with Gasteiger partial charge < -0.3 is 5.32 Å². The molecule has 4 heteroatoms. The Kier molecular flexibility index (Phi) is 3.39. The summed E-state index contributed by atoms with van der Waals surface area (Å²) in [7, 11) is 0. The fourth-order valence-corrected chi connectivity index (χ4v) is 0.816. The molecule has 0 saturated carbocycles. The number of Topliss-reactive ketones (excluding diaryl/α,β-unsaturated/α-hetero) is 1. The van der Waals surface area contributed by atoms with Gasteiger partial charge in [-0.05, 0) is 19.1 Å². The Morgan fingerprint density at radius 3 is 2.71 bits per heavy atom. The van der Waals surface area contributed by atoms with E-state index in [1.54, 1.807) is 30.6 Å². The predicted molar refractivity (Wildman–Crippen MR) is 52.2 cm³/mol. The topological polar surface area (TPSA) is 65.8 Å². The first kappa shape index (κ1) is 9.93. The van der Waals surface area contributed by atoms with Gasteiger partial charge in [-0.2, -0.15) is 5.26 Å². The van der Waals surface area contributed by atoms with Crippen LogP contribution in [0.2, 0.25) is 0 Å². The van der Waals surface area contributed by atoms with Crippen LogP contribution in [0.4, 0.5) is 5.69 Å². The lowest BCUT2D eigenvalue weighted by Gasteiger charge is -1.98. The molecule has 70 valence electrons. The summed E-state index contributed by atoms with van der Waals surface area (Å²) in [6.45, 7) is 1.35. The summed E-state index contributed by atoms with van der Waals surface area (Å²) in [6.07, 6.45) is 4.63. The van der Waals surface area contributed by atoms with E-state index >= 15 is 0 Å². The van der Waals surface area contributed by atoms with Crippen molar-refractivity contribution in [3.63, 3.8) is 0 Å². The van der Waals surface area contributed by atoms with Gasteiger partial charge in [0, 0.05) is 24.3 Å². The zero-order valence-electron chi connectivity index (χ0n) is 7.69. The molecule has 0 radical (unpaired) electrons. The molecule has 0 spiro atoms. The fraction of sp³-hybridized carbons (Fsp3) is 0.100. The second-order valence-electron chi connectivity index (χ2n) is 2.61. The number of aromatic nitrogens is 1. The molecule has 0 amide bonds. The molecular formula is C10H9N3O. The zero-order chi connectivity index (χ0) is 10.4. The van der Waals surface area contributed by atoms with E-state index in [-0.39, 0.29) is 11.4 Å². The minimum atomic E-state index is -0.256. The van der Waals surface area contributed by atoms with Gasteiger partial charge in [0.05, 0.1) is 0 Å². The Morgan fingerprint density at radius 1 is 1.57 bits per heavy atom. The number of nitriles is 1. The van der Waals surface area contributed by atoms with Crippen LogP contribution in [-0.4, -0.2) is 10.8 Å². The minimum absolute atomic E-state index is 0.0989. The molecule has 1 aromatic heterocycles. The van der Waals surface area contributed by atoms with Crippen molar-refractivity contribution in [3.05, 3.63) is 36.3 Å². The van der Waals surface area contributed by atoms with Gasteiger partial charge in [-0.3, -0.25) is 9.78 Å². The number of nitrogens with zero attached hydrogens (tertiary/aromatic N) is 2. The number of hydrogen-bond acceptors (Lipinski definition) is 4. The molecule has 0 aliphatic heterocycles. The smallest absolute Gasteiger partial charge is 0.171 e. The van der Waals surface area contributed by atoms with Crippen molar-refractivity contribution >= 4 is 11.5 Å². The Bertz CT molecular complexity index is 390. The Hall–Kier alpha value is -2.15. The molecule has 1 rings (SSSR count). The fourth-order valence-electron chi connectivity index (χ4n) is 0.816. The van der Waals surface area contributed by atoms with Gasteiger partial charge >= 0.3 is 0 Å². The highest BCUT2D eigenvalue weighted by atomic mass is 16.1. The molecular weight excluding hydrogens is 178 g/mol. The standard InChI is InChI=1S/C10H9N3O/c1-8(14)9(6-11)7-13-10-2-4-12-5-3-10/h2-5,7H,1H3,(H,12,13)/b9-7+. The lowest BCUT2D eigenvalue weighted by atomic mass is 10.2. The van der Waals surface area contributed by atoms with Crippen LogP contribution in [0, 0.1) is 11.3 Å². The Balaban J connectivity index is 2.73. The summed E-state index contributed by atoms with van der Waals surface area (Å²) in [5.41, 5.74) is 0.885. The van der Waals surface area contributed by atoms with E-state index in [0.717, 1.165) is 5.69 Å². The summed E-state index contributed by atoms with van der Waals surface area (Å²) >= 11 is 0. The van der Waals surface area contributed by atoms with Gasteiger partial charge in [0.25, 0.3) is 0 Å². The van der Waals surface area contributed by atoms with E-state index < -0.39 is 0 Å². The number of nitrogens with one attached hydrogen (secondary N) is 1. The Morgan fingerprint density at radius 2 is 2.21 bits per heavy atom. The molecule has 0 aliphatic carbocycles. The molecule has 0 aromatic carbocycles. The second kappa shape index (κ2) is 4.77. The van der Waals surface area contributed by atoms with E-state index in [2.05, 4.69) is 10.3 Å². The third kappa shape index (κ3) is 2.72. The maximum absolute atomic E-state index is 10.9. The van der Waals surface area contributed by atoms with Crippen molar-refractivity contribution < 1.29 is 4.79 Å². The van der Waals surface area contributed by atoms with Crippen LogP contribution < -0.4 is 5.32 Å². The number of carbonyl (C=O) groups excluding carboxylic acids is 1. The molecule has 1 N–H and O–H groups in total. The average molecular weight is 187 g/mol. The third-order valence-corrected chi connectivity index (χ3v) is 1.56. The molecule has 0 atom stereocenters. The molecule has 4 nitrogen and oxygen atoms in total. The molecule has 0 saturated heterocycles. The summed E-state index contributed by atoms with van der Waals surface area (Å²) in [5, 5.41) is 11.4. The van der Waals surface area contributed by atoms with E-state index in [9.17, 15) is 4.79 Å². The number of rotatable bonds is 3. The molecule has 14 heavy (non-hydrogen) atoms. The summed E-state index contributed by atoms with van der Waals surface area (Å²) in [6, 6.07) is 5.29. The molecule has 0 fully saturated rings. The lowest BCUT2D eigenvalue weighted by molar-refractivity contribution is -0.113. The molecule has 1 heterocycles. The van der Waals surface area contributed by atoms with Crippen LogP contribution in [0.15, 0.2) is 36.3 Å². The number of carbonyl (C=O) groups is 1. The zero-order valence-corrected chi connectivity index (χ0v) is 7.69. The van der Waals surface area contributed by atoms with E-state index in [1.807, 2.05) is 0 Å². The van der Waals surface area contributed by atoms with Crippen molar-refractivity contribution in [2.24, 2.45) is 0 Å². The van der Waals surface area contributed by atoms with Crippen LogP contribution in [0.1, 0.15) is 6.92 Å². The van der Waals surface area contributed by atoms with E-state index in [0.29, 0.717) is 0 Å². The maximum atomic E-state index is 10.9. The van der Waals surface area contributed by atoms with Crippen molar-refractivity contribution in [1.82, 2.24) is 4.98 Å². The van der Waals surface area contributed by atoms with Gasteiger partial charge in [0.2, 0.25) is 0 Å². The van der Waals surface area contributed by atoms with Crippen molar-refractivity contribution in [2.45, 2.75) is 6.92 Å². The molecule has 0 unspecified atom stereocenters. The number of hydrogen-bond donors (Lipinski definition) is 1. The molecule has 0 bridgehead atoms. The summed E-state index contributed by atoms with van der Waals surface area (Å²) in [5.74, 6) is -0.256. The van der Waals surface area contributed by atoms with E-state index in [4.69, 9.17) is 5.26 Å². The highest BCUT2D eigenvalue weighted by Crippen LogP contribution is 2.04. The van der Waals surface area contributed by atoms with Gasteiger partial charge in [0.1, 0.15) is 11.6 Å². The van der Waals surface area contributed by atoms with Crippen LogP contribution in [0.25, 0.3) is 0 Å². The minimum Gasteiger partial charge on any atom is -0.360 e. The van der Waals surface area contributed by atoms with E-state index in [1.165, 1.54) is 13.1 Å². The molecule has 1 aromatic rings. The van der Waals surface area contributed by atoms with Crippen molar-refractivity contribution in [1.29, 1.82) is 5.26 Å². The van der Waals surface area contributed by atoms with Gasteiger partial charge in [-0.1, -0.05) is 0 Å². The first-order chi connectivity index (χ1) is 6.74. The number of allylic oxidation sites excluding steroid dienone is 1. The van der Waals surface area contributed by atoms with Gasteiger partial charge in [0.15, 0.2) is 5.78 Å². The first-order valence-corrected chi connectivity index (χ1v) is 4.02. The predicted octanol–water partition coefficient (Wildman–Crippen LogP) is 1.49. The highest BCUT2D eigenvalue weighted by molar-refractivity contribution is 5.97. The Labute approximate surface area is 81.9 Å². The molecule has 0 aliphatic rings. The average Bonchev–Trinajstić information content (AvgIpc) is 2.20.